The monoisotopic (exact) mass is 398 g/mol. The first-order valence-electron chi connectivity index (χ1n) is 7.75. The van der Waals surface area contributed by atoms with Gasteiger partial charge in [-0.05, 0) is 30.3 Å². The largest absolute Gasteiger partial charge is 0.351 e. The van der Waals surface area contributed by atoms with Crippen LogP contribution < -0.4 is 5.32 Å². The van der Waals surface area contributed by atoms with E-state index < -0.39 is 45.3 Å². The standard InChI is InChI=1S/C16H15FN2O5S2/c17-12-4-2-1-3-10(12)7-13-15(21)19(16(22)25-13)8-14(20)18-11-5-6-26(23,24)9-11/h1-4,7,11H,5-6,8-9H2,(H,18,20)/b13-7-/t11-/m0/s1. The number of thioether (sulfide) groups is 1. The normalized spacial score (nSPS) is 23.7. The quantitative estimate of drug-likeness (QED) is 0.764. The number of imide groups is 1. The summed E-state index contributed by atoms with van der Waals surface area (Å²) in [4.78, 5) is 37.1. The Balaban J connectivity index is 1.66. The average Bonchev–Trinajstić information content (AvgIpc) is 3.03. The molecule has 2 aliphatic heterocycles. The fourth-order valence-corrected chi connectivity index (χ4v) is 5.20. The maximum Gasteiger partial charge on any atom is 0.294 e. The van der Waals surface area contributed by atoms with Gasteiger partial charge in [0.05, 0.1) is 16.4 Å². The SMILES string of the molecule is O=C(CN1C(=O)S/C(=C\c2ccccc2F)C1=O)N[C@H]1CCS(=O)(=O)C1. The minimum Gasteiger partial charge on any atom is -0.351 e. The van der Waals surface area contributed by atoms with E-state index in [1.54, 1.807) is 6.07 Å². The molecule has 0 saturated carbocycles. The van der Waals surface area contributed by atoms with E-state index in [1.807, 2.05) is 0 Å². The highest BCUT2D eigenvalue weighted by atomic mass is 32.2. The minimum atomic E-state index is -3.15. The third kappa shape index (κ3) is 4.13. The molecule has 7 nitrogen and oxygen atoms in total. The molecule has 0 aromatic heterocycles. The van der Waals surface area contributed by atoms with Gasteiger partial charge in [0.15, 0.2) is 9.84 Å². The lowest BCUT2D eigenvalue weighted by molar-refractivity contribution is -0.129. The van der Waals surface area contributed by atoms with Crippen molar-refractivity contribution < 1.29 is 27.2 Å². The molecule has 0 unspecified atom stereocenters. The number of carbonyl (C=O) groups excluding carboxylic acids is 3. The third-order valence-electron chi connectivity index (χ3n) is 3.96. The summed E-state index contributed by atoms with van der Waals surface area (Å²) in [6.45, 7) is -0.504. The smallest absolute Gasteiger partial charge is 0.294 e. The maximum atomic E-state index is 13.7. The van der Waals surface area contributed by atoms with E-state index in [9.17, 15) is 27.2 Å². The molecule has 1 atom stereocenters. The molecule has 3 rings (SSSR count). The van der Waals surface area contributed by atoms with Crippen molar-refractivity contribution in [1.29, 1.82) is 0 Å². The number of hydrogen-bond acceptors (Lipinski definition) is 6. The Bertz CT molecular complexity index is 913. The summed E-state index contributed by atoms with van der Waals surface area (Å²) in [7, 11) is -3.15. The Labute approximate surface area is 153 Å². The van der Waals surface area contributed by atoms with Crippen LogP contribution in [0.15, 0.2) is 29.2 Å². The molecule has 138 valence electrons. The molecule has 0 bridgehead atoms. The van der Waals surface area contributed by atoms with Gasteiger partial charge in [0.1, 0.15) is 12.4 Å². The molecular formula is C16H15FN2O5S2. The Hall–Kier alpha value is -2.20. The van der Waals surface area contributed by atoms with Gasteiger partial charge in [-0.3, -0.25) is 19.3 Å². The molecule has 1 aromatic carbocycles. The van der Waals surface area contributed by atoms with Crippen molar-refractivity contribution in [1.82, 2.24) is 10.2 Å². The van der Waals surface area contributed by atoms with E-state index in [0.717, 1.165) is 4.90 Å². The fraction of sp³-hybridized carbons (Fsp3) is 0.312. The molecule has 1 N–H and O–H groups in total. The lowest BCUT2D eigenvalue weighted by Gasteiger charge is -2.15. The van der Waals surface area contributed by atoms with Gasteiger partial charge in [0.25, 0.3) is 11.1 Å². The molecular weight excluding hydrogens is 383 g/mol. The number of halogens is 1. The summed E-state index contributed by atoms with van der Waals surface area (Å²) >= 11 is 0.626. The maximum absolute atomic E-state index is 13.7. The molecule has 3 amide bonds. The van der Waals surface area contributed by atoms with Gasteiger partial charge in [-0.2, -0.15) is 0 Å². The number of sulfone groups is 1. The summed E-state index contributed by atoms with van der Waals surface area (Å²) in [5, 5.41) is 1.89. The van der Waals surface area contributed by atoms with Crippen LogP contribution in [0.1, 0.15) is 12.0 Å². The number of nitrogens with one attached hydrogen (secondary N) is 1. The zero-order valence-corrected chi connectivity index (χ0v) is 15.1. The first-order chi connectivity index (χ1) is 12.2. The summed E-state index contributed by atoms with van der Waals surface area (Å²) in [5.41, 5.74) is 0.165. The van der Waals surface area contributed by atoms with E-state index in [0.29, 0.717) is 18.2 Å². The highest BCUT2D eigenvalue weighted by Gasteiger charge is 2.37. The number of amides is 3. The second kappa shape index (κ2) is 7.20. The molecule has 1 aromatic rings. The zero-order chi connectivity index (χ0) is 18.9. The number of rotatable bonds is 4. The van der Waals surface area contributed by atoms with Gasteiger partial charge >= 0.3 is 0 Å². The van der Waals surface area contributed by atoms with Gasteiger partial charge in [-0.1, -0.05) is 18.2 Å². The molecule has 0 radical (unpaired) electrons. The van der Waals surface area contributed by atoms with E-state index in [1.165, 1.54) is 24.3 Å². The fourth-order valence-electron chi connectivity index (χ4n) is 2.70. The van der Waals surface area contributed by atoms with Crippen LogP contribution in [0.4, 0.5) is 9.18 Å². The van der Waals surface area contributed by atoms with Crippen LogP contribution in [0.5, 0.6) is 0 Å². The summed E-state index contributed by atoms with van der Waals surface area (Å²) in [5.74, 6) is -1.96. The predicted molar refractivity (Wildman–Crippen MR) is 94.3 cm³/mol. The second-order valence-corrected chi connectivity index (χ2v) is 9.18. The van der Waals surface area contributed by atoms with Gasteiger partial charge in [0.2, 0.25) is 5.91 Å². The molecule has 10 heteroatoms. The summed E-state index contributed by atoms with van der Waals surface area (Å²) in [6, 6.07) is 5.30. The van der Waals surface area contributed by atoms with Crippen LogP contribution in [0, 0.1) is 5.82 Å². The number of hydrogen-bond donors (Lipinski definition) is 1. The van der Waals surface area contributed by atoms with Gasteiger partial charge in [-0.25, -0.2) is 12.8 Å². The van der Waals surface area contributed by atoms with E-state index in [-0.39, 0.29) is 22.0 Å². The highest BCUT2D eigenvalue weighted by Crippen LogP contribution is 2.32. The number of carbonyl (C=O) groups is 3. The third-order valence-corrected chi connectivity index (χ3v) is 6.64. The van der Waals surface area contributed by atoms with Crippen LogP contribution >= 0.6 is 11.8 Å². The van der Waals surface area contributed by atoms with Crippen molar-refractivity contribution in [3.63, 3.8) is 0 Å². The van der Waals surface area contributed by atoms with Crippen LogP contribution in [0.25, 0.3) is 6.08 Å². The minimum absolute atomic E-state index is 0.00486. The predicted octanol–water partition coefficient (Wildman–Crippen LogP) is 1.17. The van der Waals surface area contributed by atoms with Crippen LogP contribution in [0.2, 0.25) is 0 Å². The van der Waals surface area contributed by atoms with Crippen molar-refractivity contribution in [2.45, 2.75) is 12.5 Å². The van der Waals surface area contributed by atoms with E-state index in [2.05, 4.69) is 5.32 Å². The molecule has 2 saturated heterocycles. The van der Waals surface area contributed by atoms with Crippen molar-refractivity contribution in [2.75, 3.05) is 18.1 Å². The zero-order valence-electron chi connectivity index (χ0n) is 13.5. The Kier molecular flexibility index (Phi) is 5.15. The number of benzene rings is 1. The second-order valence-electron chi connectivity index (χ2n) is 5.96. The van der Waals surface area contributed by atoms with Crippen molar-refractivity contribution in [2.24, 2.45) is 0 Å². The van der Waals surface area contributed by atoms with Crippen molar-refractivity contribution in [3.05, 3.63) is 40.6 Å². The average molecular weight is 398 g/mol. The molecule has 2 aliphatic rings. The topological polar surface area (TPSA) is 101 Å². The summed E-state index contributed by atoms with van der Waals surface area (Å²) in [6.07, 6.45) is 1.57. The molecule has 0 spiro atoms. The van der Waals surface area contributed by atoms with Gasteiger partial charge in [-0.15, -0.1) is 0 Å². The Morgan fingerprint density at radius 2 is 2.08 bits per heavy atom. The lowest BCUT2D eigenvalue weighted by Crippen LogP contribution is -2.43. The first-order valence-corrected chi connectivity index (χ1v) is 10.4. The molecule has 2 fully saturated rings. The Morgan fingerprint density at radius 3 is 2.73 bits per heavy atom. The van der Waals surface area contributed by atoms with Gasteiger partial charge in [0, 0.05) is 11.6 Å². The van der Waals surface area contributed by atoms with Crippen LogP contribution in [0.3, 0.4) is 0 Å². The van der Waals surface area contributed by atoms with Crippen LogP contribution in [-0.4, -0.2) is 54.5 Å². The molecule has 2 heterocycles. The molecule has 0 aliphatic carbocycles. The van der Waals surface area contributed by atoms with Crippen molar-refractivity contribution in [3.8, 4) is 0 Å². The van der Waals surface area contributed by atoms with Crippen LogP contribution in [-0.2, 0) is 19.4 Å². The lowest BCUT2D eigenvalue weighted by atomic mass is 10.2. The van der Waals surface area contributed by atoms with Crippen molar-refractivity contribution >= 4 is 44.7 Å². The first kappa shape index (κ1) is 18.6. The highest BCUT2D eigenvalue weighted by molar-refractivity contribution is 8.18. The van der Waals surface area contributed by atoms with E-state index in [4.69, 9.17) is 0 Å². The molecule has 26 heavy (non-hydrogen) atoms. The number of nitrogens with zero attached hydrogens (tertiary/aromatic N) is 1. The van der Waals surface area contributed by atoms with Gasteiger partial charge < -0.3 is 5.32 Å². The Morgan fingerprint density at radius 1 is 1.35 bits per heavy atom. The van der Waals surface area contributed by atoms with E-state index >= 15 is 0 Å². The summed E-state index contributed by atoms with van der Waals surface area (Å²) < 4.78 is 36.5.